The second-order valence-corrected chi connectivity index (χ2v) is 10.8. The van der Waals surface area contributed by atoms with Gasteiger partial charge in [0.2, 0.25) is 0 Å². The van der Waals surface area contributed by atoms with Gasteiger partial charge < -0.3 is 15.4 Å². The maximum absolute atomic E-state index is 12.9. The van der Waals surface area contributed by atoms with Gasteiger partial charge in [0.1, 0.15) is 5.69 Å². The van der Waals surface area contributed by atoms with Crippen LogP contribution in [0.3, 0.4) is 0 Å². The van der Waals surface area contributed by atoms with Crippen molar-refractivity contribution in [2.45, 2.75) is 78.2 Å². The molecular formula is C27H39N3O3. The molecule has 1 aliphatic rings. The first-order valence-corrected chi connectivity index (χ1v) is 12.2. The Labute approximate surface area is 197 Å². The number of H-pyrrole nitrogens is 1. The smallest absolute Gasteiger partial charge is 0.345 e. The predicted molar refractivity (Wildman–Crippen MR) is 131 cm³/mol. The molecule has 1 amide bonds. The zero-order valence-corrected chi connectivity index (χ0v) is 20.4. The molecule has 1 aromatic carbocycles. The lowest BCUT2D eigenvalue weighted by molar-refractivity contribution is 0.0915. The first-order valence-electron chi connectivity index (χ1n) is 12.2. The molecule has 3 N–H and O–H groups in total. The van der Waals surface area contributed by atoms with Crippen LogP contribution in [-0.4, -0.2) is 33.6 Å². The third kappa shape index (κ3) is 7.53. The van der Waals surface area contributed by atoms with Crippen LogP contribution in [0, 0.1) is 17.3 Å². The Morgan fingerprint density at radius 3 is 2.70 bits per heavy atom. The van der Waals surface area contributed by atoms with Gasteiger partial charge in [-0.3, -0.25) is 4.79 Å². The molecular weight excluding hydrogens is 414 g/mol. The van der Waals surface area contributed by atoms with E-state index in [4.69, 9.17) is 0 Å². The van der Waals surface area contributed by atoms with Crippen LogP contribution in [0.25, 0.3) is 0 Å². The van der Waals surface area contributed by atoms with E-state index in [2.05, 4.69) is 55.1 Å². The summed E-state index contributed by atoms with van der Waals surface area (Å²) in [6, 6.07) is 12.1. The van der Waals surface area contributed by atoms with E-state index in [9.17, 15) is 14.7 Å². The first kappa shape index (κ1) is 25.2. The minimum absolute atomic E-state index is 0.129. The van der Waals surface area contributed by atoms with E-state index in [1.807, 2.05) is 18.2 Å². The largest absolute Gasteiger partial charge is 0.393 e. The minimum atomic E-state index is -0.487. The van der Waals surface area contributed by atoms with Crippen molar-refractivity contribution >= 4 is 5.91 Å². The maximum atomic E-state index is 12.9. The van der Waals surface area contributed by atoms with Crippen LogP contribution in [0.5, 0.6) is 0 Å². The van der Waals surface area contributed by atoms with Crippen LogP contribution in [0.1, 0.15) is 87.5 Å². The number of aromatic nitrogens is 2. The summed E-state index contributed by atoms with van der Waals surface area (Å²) in [7, 11) is 0. The van der Waals surface area contributed by atoms with Crippen molar-refractivity contribution in [2.24, 2.45) is 17.3 Å². The molecule has 0 unspecified atom stereocenters. The average molecular weight is 454 g/mol. The Kier molecular flexibility index (Phi) is 8.46. The van der Waals surface area contributed by atoms with E-state index in [-0.39, 0.29) is 29.0 Å². The van der Waals surface area contributed by atoms with Crippen LogP contribution in [0.4, 0.5) is 0 Å². The van der Waals surface area contributed by atoms with E-state index in [0.29, 0.717) is 24.8 Å². The summed E-state index contributed by atoms with van der Waals surface area (Å²) in [5, 5.41) is 13.7. The van der Waals surface area contributed by atoms with Gasteiger partial charge in [0.25, 0.3) is 5.91 Å². The molecule has 6 nitrogen and oxygen atoms in total. The SMILES string of the molecule is CC(C)Cc1cc(C(=O)NC[C@@]2(C)CC[C@@H](C)C[C@H](O)C[C@@H](c3ccccc3)C2)nc(=O)[nH]1. The molecule has 0 aliphatic heterocycles. The van der Waals surface area contributed by atoms with Gasteiger partial charge in [-0.25, -0.2) is 4.79 Å². The number of aliphatic hydroxyl groups excluding tert-OH is 1. The molecule has 1 fully saturated rings. The highest BCUT2D eigenvalue weighted by Crippen LogP contribution is 2.41. The highest BCUT2D eigenvalue weighted by atomic mass is 16.3. The maximum Gasteiger partial charge on any atom is 0.345 e. The molecule has 180 valence electrons. The van der Waals surface area contributed by atoms with Crippen molar-refractivity contribution in [1.82, 2.24) is 15.3 Å². The van der Waals surface area contributed by atoms with Gasteiger partial charge in [-0.15, -0.1) is 0 Å². The fourth-order valence-corrected chi connectivity index (χ4v) is 5.08. The summed E-state index contributed by atoms with van der Waals surface area (Å²) in [6.07, 6.45) is 4.75. The van der Waals surface area contributed by atoms with Gasteiger partial charge in [-0.1, -0.05) is 64.4 Å². The summed E-state index contributed by atoms with van der Waals surface area (Å²) < 4.78 is 0. The number of carbonyl (C=O) groups excluding carboxylic acids is 1. The van der Waals surface area contributed by atoms with Gasteiger partial charge >= 0.3 is 5.69 Å². The molecule has 1 heterocycles. The number of carbonyl (C=O) groups is 1. The van der Waals surface area contributed by atoms with Crippen LogP contribution in [0.15, 0.2) is 41.2 Å². The number of aliphatic hydroxyl groups is 1. The summed E-state index contributed by atoms with van der Waals surface area (Å²) in [5.74, 6) is 0.710. The Morgan fingerprint density at radius 2 is 2.00 bits per heavy atom. The Hall–Kier alpha value is -2.47. The highest BCUT2D eigenvalue weighted by Gasteiger charge is 2.33. The van der Waals surface area contributed by atoms with Gasteiger partial charge in [0, 0.05) is 12.2 Å². The second kappa shape index (κ2) is 11.1. The Morgan fingerprint density at radius 1 is 1.27 bits per heavy atom. The molecule has 1 aromatic heterocycles. The molecule has 33 heavy (non-hydrogen) atoms. The molecule has 0 spiro atoms. The normalized spacial score (nSPS) is 26.3. The van der Waals surface area contributed by atoms with Crippen molar-refractivity contribution in [2.75, 3.05) is 6.54 Å². The second-order valence-electron chi connectivity index (χ2n) is 10.8. The summed E-state index contributed by atoms with van der Waals surface area (Å²) in [5.41, 5.74) is 1.52. The lowest BCUT2D eigenvalue weighted by Gasteiger charge is -2.34. The molecule has 0 bridgehead atoms. The Balaban J connectivity index is 1.77. The van der Waals surface area contributed by atoms with E-state index in [0.717, 1.165) is 37.8 Å². The van der Waals surface area contributed by atoms with Gasteiger partial charge in [-0.2, -0.15) is 4.98 Å². The van der Waals surface area contributed by atoms with E-state index in [1.165, 1.54) is 5.56 Å². The van der Waals surface area contributed by atoms with Crippen LogP contribution in [-0.2, 0) is 6.42 Å². The number of hydrogen-bond donors (Lipinski definition) is 3. The molecule has 0 saturated heterocycles. The Bertz CT molecular complexity index is 972. The number of hydrogen-bond acceptors (Lipinski definition) is 4. The van der Waals surface area contributed by atoms with Crippen LogP contribution < -0.4 is 11.0 Å². The van der Waals surface area contributed by atoms with Crippen molar-refractivity contribution in [1.29, 1.82) is 0 Å². The quantitative estimate of drug-likeness (QED) is 0.602. The topological polar surface area (TPSA) is 95.1 Å². The average Bonchev–Trinajstić information content (AvgIpc) is 2.80. The molecule has 0 radical (unpaired) electrons. The number of rotatable bonds is 6. The minimum Gasteiger partial charge on any atom is -0.393 e. The number of benzene rings is 1. The van der Waals surface area contributed by atoms with Crippen LogP contribution >= 0.6 is 0 Å². The fraction of sp³-hybridized carbons (Fsp3) is 0.593. The van der Waals surface area contributed by atoms with E-state index >= 15 is 0 Å². The summed E-state index contributed by atoms with van der Waals surface area (Å²) in [6.45, 7) is 9.06. The van der Waals surface area contributed by atoms with E-state index in [1.54, 1.807) is 6.07 Å². The number of nitrogens with zero attached hydrogens (tertiary/aromatic N) is 1. The predicted octanol–water partition coefficient (Wildman–Crippen LogP) is 4.45. The van der Waals surface area contributed by atoms with Crippen molar-refractivity contribution in [3.05, 3.63) is 63.8 Å². The zero-order valence-electron chi connectivity index (χ0n) is 20.4. The first-order chi connectivity index (χ1) is 15.6. The lowest BCUT2D eigenvalue weighted by atomic mass is 9.74. The van der Waals surface area contributed by atoms with Gasteiger partial charge in [0.05, 0.1) is 6.10 Å². The molecule has 3 rings (SSSR count). The molecule has 4 atom stereocenters. The monoisotopic (exact) mass is 453 g/mol. The molecule has 6 heteroatoms. The third-order valence-corrected chi connectivity index (χ3v) is 6.82. The van der Waals surface area contributed by atoms with Crippen LogP contribution in [0.2, 0.25) is 0 Å². The lowest BCUT2D eigenvalue weighted by Crippen LogP contribution is -2.38. The number of aromatic amines is 1. The standard InChI is InChI=1S/C27H39N3O3/c1-18(2)12-22-15-24(30-26(33)29-22)25(32)28-17-27(4)11-10-19(3)13-23(31)14-21(16-27)20-8-6-5-7-9-20/h5-9,15,18-19,21,23,31H,10-14,16-17H2,1-4H3,(H,28,32)(H,29,30,33)/t19-,21-,23+,27+/m1/s1. The fourth-order valence-electron chi connectivity index (χ4n) is 5.08. The summed E-state index contributed by atoms with van der Waals surface area (Å²) in [4.78, 5) is 31.6. The number of nitrogens with one attached hydrogen (secondary N) is 2. The zero-order chi connectivity index (χ0) is 24.0. The van der Waals surface area contributed by atoms with Crippen molar-refractivity contribution in [3.8, 4) is 0 Å². The molecule has 2 aromatic rings. The third-order valence-electron chi connectivity index (χ3n) is 6.82. The van der Waals surface area contributed by atoms with Crippen molar-refractivity contribution in [3.63, 3.8) is 0 Å². The van der Waals surface area contributed by atoms with E-state index < -0.39 is 5.69 Å². The highest BCUT2D eigenvalue weighted by molar-refractivity contribution is 5.92. The molecule has 1 saturated carbocycles. The van der Waals surface area contributed by atoms with Gasteiger partial charge in [0.15, 0.2) is 0 Å². The number of amides is 1. The van der Waals surface area contributed by atoms with Gasteiger partial charge in [-0.05, 0) is 66.9 Å². The van der Waals surface area contributed by atoms with Crippen molar-refractivity contribution < 1.29 is 9.90 Å². The summed E-state index contributed by atoms with van der Waals surface area (Å²) >= 11 is 0. The molecule has 1 aliphatic carbocycles.